The molecule has 2 aromatic carbocycles. The number of non-ortho nitro benzene ring substituents is 1. The van der Waals surface area contributed by atoms with Crippen molar-refractivity contribution in [2.75, 3.05) is 26.2 Å². The molecule has 1 saturated heterocycles. The van der Waals surface area contributed by atoms with Crippen LogP contribution < -0.4 is 0 Å². The second kappa shape index (κ2) is 7.57. The molecule has 3 rings (SSSR count). The molecule has 0 spiro atoms. The lowest BCUT2D eigenvalue weighted by molar-refractivity contribution is -0.384. The predicted octanol–water partition coefficient (Wildman–Crippen LogP) is 2.83. The first kappa shape index (κ1) is 17.9. The molecule has 0 atom stereocenters. The van der Waals surface area contributed by atoms with Crippen LogP contribution in [0.3, 0.4) is 0 Å². The van der Waals surface area contributed by atoms with E-state index in [1.165, 1.54) is 30.3 Å². The summed E-state index contributed by atoms with van der Waals surface area (Å²) < 4.78 is 27.0. The molecule has 1 aliphatic heterocycles. The van der Waals surface area contributed by atoms with Gasteiger partial charge >= 0.3 is 0 Å². The predicted molar refractivity (Wildman–Crippen MR) is 90.6 cm³/mol. The molecule has 26 heavy (non-hydrogen) atoms. The Balaban J connectivity index is 1.58. The van der Waals surface area contributed by atoms with Crippen molar-refractivity contribution in [3.8, 4) is 0 Å². The zero-order valence-electron chi connectivity index (χ0n) is 13.9. The number of rotatable bonds is 4. The second-order valence-electron chi connectivity index (χ2n) is 6.09. The van der Waals surface area contributed by atoms with E-state index in [0.29, 0.717) is 37.3 Å². The topological polar surface area (TPSA) is 66.7 Å². The standard InChI is InChI=1S/C18H17F2N3O3/c19-16-3-1-2-14(17(16)20)12-21-8-10-22(11-9-21)18(24)13-4-6-15(7-5-13)23(25)26/h1-7H,8-12H2. The fraction of sp³-hybridized carbons (Fsp3) is 0.278. The van der Waals surface area contributed by atoms with Gasteiger partial charge in [0.15, 0.2) is 11.6 Å². The number of hydrogen-bond donors (Lipinski definition) is 0. The molecule has 0 unspecified atom stereocenters. The van der Waals surface area contributed by atoms with Crippen molar-refractivity contribution in [1.29, 1.82) is 0 Å². The molecular formula is C18H17F2N3O3. The van der Waals surface area contributed by atoms with E-state index < -0.39 is 16.6 Å². The fourth-order valence-corrected chi connectivity index (χ4v) is 2.93. The van der Waals surface area contributed by atoms with Crippen LogP contribution in [0.25, 0.3) is 0 Å². The van der Waals surface area contributed by atoms with Gasteiger partial charge < -0.3 is 4.90 Å². The highest BCUT2D eigenvalue weighted by Crippen LogP contribution is 2.17. The minimum atomic E-state index is -0.866. The smallest absolute Gasteiger partial charge is 0.269 e. The molecule has 1 amide bonds. The number of hydrogen-bond acceptors (Lipinski definition) is 4. The SMILES string of the molecule is O=C(c1ccc([N+](=O)[O-])cc1)N1CCN(Cc2cccc(F)c2F)CC1. The molecule has 1 fully saturated rings. The van der Waals surface area contributed by atoms with E-state index in [4.69, 9.17) is 0 Å². The molecule has 0 aliphatic carbocycles. The number of carbonyl (C=O) groups excluding carboxylic acids is 1. The molecular weight excluding hydrogens is 344 g/mol. The van der Waals surface area contributed by atoms with E-state index in [1.54, 1.807) is 11.0 Å². The third kappa shape index (κ3) is 3.85. The fourth-order valence-electron chi connectivity index (χ4n) is 2.93. The van der Waals surface area contributed by atoms with Crippen LogP contribution >= 0.6 is 0 Å². The van der Waals surface area contributed by atoms with Gasteiger partial charge in [-0.05, 0) is 18.2 Å². The first-order valence-corrected chi connectivity index (χ1v) is 8.14. The summed E-state index contributed by atoms with van der Waals surface area (Å²) in [6.45, 7) is 2.26. The number of nitrogens with zero attached hydrogens (tertiary/aromatic N) is 3. The van der Waals surface area contributed by atoms with Crippen molar-refractivity contribution in [2.24, 2.45) is 0 Å². The van der Waals surface area contributed by atoms with Crippen LogP contribution in [-0.2, 0) is 6.54 Å². The number of halogens is 2. The van der Waals surface area contributed by atoms with E-state index in [-0.39, 0.29) is 18.1 Å². The monoisotopic (exact) mass is 361 g/mol. The number of nitro benzene ring substituents is 1. The molecule has 2 aromatic rings. The van der Waals surface area contributed by atoms with E-state index >= 15 is 0 Å². The summed E-state index contributed by atoms with van der Waals surface area (Å²) in [5, 5.41) is 10.7. The van der Waals surface area contributed by atoms with Crippen molar-refractivity contribution in [3.63, 3.8) is 0 Å². The van der Waals surface area contributed by atoms with Crippen LogP contribution in [0, 0.1) is 21.7 Å². The maximum atomic E-state index is 13.8. The van der Waals surface area contributed by atoms with Gasteiger partial charge in [-0.1, -0.05) is 12.1 Å². The van der Waals surface area contributed by atoms with E-state index in [2.05, 4.69) is 0 Å². The van der Waals surface area contributed by atoms with Gasteiger partial charge in [0.2, 0.25) is 0 Å². The van der Waals surface area contributed by atoms with Gasteiger partial charge in [0, 0.05) is 56.0 Å². The number of carbonyl (C=O) groups is 1. The summed E-state index contributed by atoms with van der Waals surface area (Å²) in [5.74, 6) is -1.90. The molecule has 1 aliphatic rings. The van der Waals surface area contributed by atoms with Crippen LogP contribution in [-0.4, -0.2) is 46.8 Å². The first-order chi connectivity index (χ1) is 12.5. The molecule has 0 radical (unpaired) electrons. The Morgan fingerprint density at radius 3 is 2.31 bits per heavy atom. The number of benzene rings is 2. The van der Waals surface area contributed by atoms with Gasteiger partial charge in [0.25, 0.3) is 11.6 Å². The normalized spacial score (nSPS) is 15.1. The Hall–Kier alpha value is -2.87. The molecule has 0 saturated carbocycles. The van der Waals surface area contributed by atoms with Gasteiger partial charge in [0.05, 0.1) is 4.92 Å². The molecule has 0 bridgehead atoms. The van der Waals surface area contributed by atoms with Crippen LogP contribution in [0.15, 0.2) is 42.5 Å². The van der Waals surface area contributed by atoms with Crippen LogP contribution in [0.4, 0.5) is 14.5 Å². The molecule has 1 heterocycles. The Bertz CT molecular complexity index is 819. The summed E-state index contributed by atoms with van der Waals surface area (Å²) in [4.78, 5) is 26.2. The van der Waals surface area contributed by atoms with Gasteiger partial charge in [-0.25, -0.2) is 8.78 Å². The molecule has 136 valence electrons. The summed E-state index contributed by atoms with van der Waals surface area (Å²) in [6.07, 6.45) is 0. The summed E-state index contributed by atoms with van der Waals surface area (Å²) in [5.41, 5.74) is 0.615. The van der Waals surface area contributed by atoms with Crippen molar-refractivity contribution in [2.45, 2.75) is 6.54 Å². The van der Waals surface area contributed by atoms with Crippen molar-refractivity contribution >= 4 is 11.6 Å². The summed E-state index contributed by atoms with van der Waals surface area (Å²) >= 11 is 0. The zero-order chi connectivity index (χ0) is 18.7. The first-order valence-electron chi connectivity index (χ1n) is 8.14. The lowest BCUT2D eigenvalue weighted by Crippen LogP contribution is -2.48. The maximum Gasteiger partial charge on any atom is 0.269 e. The van der Waals surface area contributed by atoms with Crippen LogP contribution in [0.1, 0.15) is 15.9 Å². The highest BCUT2D eigenvalue weighted by Gasteiger charge is 2.23. The van der Waals surface area contributed by atoms with Gasteiger partial charge in [0.1, 0.15) is 0 Å². The van der Waals surface area contributed by atoms with Crippen molar-refractivity contribution in [1.82, 2.24) is 9.80 Å². The Labute approximate surface area is 148 Å². The van der Waals surface area contributed by atoms with E-state index in [0.717, 1.165) is 6.07 Å². The average Bonchev–Trinajstić information content (AvgIpc) is 2.65. The third-order valence-electron chi connectivity index (χ3n) is 4.41. The average molecular weight is 361 g/mol. The highest BCUT2D eigenvalue weighted by molar-refractivity contribution is 5.94. The largest absolute Gasteiger partial charge is 0.336 e. The summed E-state index contributed by atoms with van der Waals surface area (Å²) in [6, 6.07) is 9.59. The molecule has 8 heteroatoms. The van der Waals surface area contributed by atoms with Gasteiger partial charge in [-0.2, -0.15) is 0 Å². The minimum absolute atomic E-state index is 0.0662. The van der Waals surface area contributed by atoms with Crippen LogP contribution in [0.2, 0.25) is 0 Å². The van der Waals surface area contributed by atoms with Crippen molar-refractivity contribution < 1.29 is 18.5 Å². The number of piperazine rings is 1. The Kier molecular flexibility index (Phi) is 5.22. The molecule has 6 nitrogen and oxygen atoms in total. The third-order valence-corrected chi connectivity index (χ3v) is 4.41. The summed E-state index contributed by atoms with van der Waals surface area (Å²) in [7, 11) is 0. The molecule has 0 N–H and O–H groups in total. The van der Waals surface area contributed by atoms with E-state index in [9.17, 15) is 23.7 Å². The lowest BCUT2D eigenvalue weighted by Gasteiger charge is -2.34. The van der Waals surface area contributed by atoms with Gasteiger partial charge in [-0.3, -0.25) is 19.8 Å². The zero-order valence-corrected chi connectivity index (χ0v) is 13.9. The Morgan fingerprint density at radius 1 is 1.04 bits per heavy atom. The van der Waals surface area contributed by atoms with E-state index in [1.807, 2.05) is 4.90 Å². The van der Waals surface area contributed by atoms with Gasteiger partial charge in [-0.15, -0.1) is 0 Å². The van der Waals surface area contributed by atoms with Crippen molar-refractivity contribution in [3.05, 3.63) is 75.3 Å². The number of amides is 1. The maximum absolute atomic E-state index is 13.8. The number of nitro groups is 1. The minimum Gasteiger partial charge on any atom is -0.336 e. The van der Waals surface area contributed by atoms with Crippen LogP contribution in [0.5, 0.6) is 0 Å². The highest BCUT2D eigenvalue weighted by atomic mass is 19.2. The second-order valence-corrected chi connectivity index (χ2v) is 6.09. The molecule has 0 aromatic heterocycles. The lowest BCUT2D eigenvalue weighted by atomic mass is 10.1. The quantitative estimate of drug-likeness (QED) is 0.620. The Morgan fingerprint density at radius 2 is 1.69 bits per heavy atom.